The molecule has 6 nitrogen and oxygen atoms in total. The maximum Gasteiger partial charge on any atom is 0.279 e. The van der Waals surface area contributed by atoms with Crippen molar-refractivity contribution in [3.05, 3.63) is 24.3 Å². The number of primary amides is 1. The van der Waals surface area contributed by atoms with Crippen LogP contribution in [-0.4, -0.2) is 44.5 Å². The van der Waals surface area contributed by atoms with E-state index in [1.54, 1.807) is 0 Å². The van der Waals surface area contributed by atoms with Gasteiger partial charge in [-0.2, -0.15) is 0 Å². The molecule has 3 rings (SSSR count). The van der Waals surface area contributed by atoms with Crippen LogP contribution >= 0.6 is 0 Å². The number of carbonyl (C=O) groups excluding carboxylic acids is 2. The lowest BCUT2D eigenvalue weighted by Gasteiger charge is -2.27. The van der Waals surface area contributed by atoms with Gasteiger partial charge in [0.25, 0.3) is 5.91 Å². The van der Waals surface area contributed by atoms with Crippen LogP contribution in [0.4, 0.5) is 11.4 Å². The summed E-state index contributed by atoms with van der Waals surface area (Å²) in [6.07, 6.45) is 6.94. The molecule has 1 unspecified atom stereocenters. The Morgan fingerprint density at radius 3 is 2.42 bits per heavy atom. The number of nitrogens with zero attached hydrogens (tertiary/aromatic N) is 1. The molecule has 0 aliphatic carbocycles. The van der Waals surface area contributed by atoms with E-state index in [0.29, 0.717) is 13.1 Å². The molecule has 26 heavy (non-hydrogen) atoms. The molecule has 2 fully saturated rings. The largest absolute Gasteiger partial charge is 0.372 e. The van der Waals surface area contributed by atoms with Crippen LogP contribution in [0.25, 0.3) is 0 Å². The average Bonchev–Trinajstić information content (AvgIpc) is 2.92. The Morgan fingerprint density at radius 2 is 1.77 bits per heavy atom. The van der Waals surface area contributed by atoms with Crippen molar-refractivity contribution in [2.45, 2.75) is 38.5 Å². The van der Waals surface area contributed by atoms with Crippen LogP contribution < -0.4 is 20.9 Å². The second-order valence-electron chi connectivity index (χ2n) is 7.62. The molecule has 6 heteroatoms. The SMILES string of the molecule is NC(=O)[C@H]1CCC[NH+](CC(=O)Nc2ccc(N3CCCCCC3)cc2)C1. The highest BCUT2D eigenvalue weighted by atomic mass is 16.2. The number of amides is 2. The zero-order chi connectivity index (χ0) is 18.4. The van der Waals surface area contributed by atoms with E-state index >= 15 is 0 Å². The number of rotatable bonds is 5. The quantitative estimate of drug-likeness (QED) is 0.727. The minimum Gasteiger partial charge on any atom is -0.372 e. The number of benzene rings is 1. The predicted octanol–water partition coefficient (Wildman–Crippen LogP) is 0.786. The first-order valence-electron chi connectivity index (χ1n) is 9.89. The third-order valence-corrected chi connectivity index (χ3v) is 5.55. The zero-order valence-corrected chi connectivity index (χ0v) is 15.5. The summed E-state index contributed by atoms with van der Waals surface area (Å²) in [4.78, 5) is 27.3. The molecular formula is C20H31N4O2+. The molecule has 2 aliphatic rings. The number of piperidine rings is 1. The molecule has 1 aromatic carbocycles. The van der Waals surface area contributed by atoms with Crippen LogP contribution in [0.2, 0.25) is 0 Å². The number of nitrogens with one attached hydrogen (secondary N) is 2. The lowest BCUT2D eigenvalue weighted by molar-refractivity contribution is -0.899. The van der Waals surface area contributed by atoms with E-state index in [1.807, 2.05) is 12.1 Å². The maximum absolute atomic E-state index is 12.3. The standard InChI is InChI=1S/C20H30N4O2/c21-20(26)16-6-5-11-23(14-16)15-19(25)22-17-7-9-18(10-8-17)24-12-3-1-2-4-13-24/h7-10,16H,1-6,11-15H2,(H2,21,26)(H,22,25)/p+1/t16-/m0/s1. The Balaban J connectivity index is 1.50. The minimum absolute atomic E-state index is 0.00681. The van der Waals surface area contributed by atoms with Gasteiger partial charge in [0.2, 0.25) is 5.91 Å². The van der Waals surface area contributed by atoms with E-state index in [2.05, 4.69) is 22.3 Å². The molecule has 2 atom stereocenters. The first-order chi connectivity index (χ1) is 12.6. The van der Waals surface area contributed by atoms with E-state index in [9.17, 15) is 9.59 Å². The summed E-state index contributed by atoms with van der Waals surface area (Å²) >= 11 is 0. The van der Waals surface area contributed by atoms with E-state index in [-0.39, 0.29) is 17.7 Å². The van der Waals surface area contributed by atoms with Gasteiger partial charge >= 0.3 is 0 Å². The Hall–Kier alpha value is -2.08. The Bertz CT molecular complexity index is 609. The highest BCUT2D eigenvalue weighted by Gasteiger charge is 2.28. The van der Waals surface area contributed by atoms with Gasteiger partial charge in [0, 0.05) is 24.5 Å². The number of anilines is 2. The van der Waals surface area contributed by atoms with Crippen molar-refractivity contribution in [1.29, 1.82) is 0 Å². The zero-order valence-electron chi connectivity index (χ0n) is 15.5. The third kappa shape index (κ3) is 5.21. The van der Waals surface area contributed by atoms with E-state index < -0.39 is 0 Å². The van der Waals surface area contributed by atoms with Crippen molar-refractivity contribution in [3.8, 4) is 0 Å². The van der Waals surface area contributed by atoms with Crippen LogP contribution in [-0.2, 0) is 9.59 Å². The van der Waals surface area contributed by atoms with Crippen LogP contribution in [0.3, 0.4) is 0 Å². The molecule has 2 amide bonds. The third-order valence-electron chi connectivity index (χ3n) is 5.55. The number of hydrogen-bond donors (Lipinski definition) is 3. The normalized spacial score (nSPS) is 23.9. The van der Waals surface area contributed by atoms with Crippen molar-refractivity contribution in [2.24, 2.45) is 11.7 Å². The van der Waals surface area contributed by atoms with Crippen molar-refractivity contribution >= 4 is 23.2 Å². The lowest BCUT2D eigenvalue weighted by Crippen LogP contribution is -3.14. The molecule has 0 saturated carbocycles. The lowest BCUT2D eigenvalue weighted by atomic mass is 9.97. The molecule has 0 bridgehead atoms. The molecular weight excluding hydrogens is 328 g/mol. The molecule has 2 saturated heterocycles. The molecule has 142 valence electrons. The minimum atomic E-state index is -0.244. The molecule has 0 spiro atoms. The summed E-state index contributed by atoms with van der Waals surface area (Å²) in [5.74, 6) is -0.348. The molecule has 4 N–H and O–H groups in total. The fourth-order valence-corrected chi connectivity index (χ4v) is 4.07. The summed E-state index contributed by atoms with van der Waals surface area (Å²) in [5.41, 5.74) is 7.47. The highest BCUT2D eigenvalue weighted by Crippen LogP contribution is 2.21. The van der Waals surface area contributed by atoms with Crippen molar-refractivity contribution in [2.75, 3.05) is 42.9 Å². The smallest absolute Gasteiger partial charge is 0.279 e. The summed E-state index contributed by atoms with van der Waals surface area (Å²) in [6.45, 7) is 4.20. The molecule has 0 radical (unpaired) electrons. The monoisotopic (exact) mass is 359 g/mol. The Labute approximate surface area is 155 Å². The van der Waals surface area contributed by atoms with E-state index in [1.165, 1.54) is 31.4 Å². The van der Waals surface area contributed by atoms with E-state index in [4.69, 9.17) is 5.73 Å². The first-order valence-corrected chi connectivity index (χ1v) is 9.89. The molecule has 2 aliphatic heterocycles. The summed E-state index contributed by atoms with van der Waals surface area (Å²) in [5, 5.41) is 2.98. The second kappa shape index (κ2) is 9.03. The molecule has 0 aromatic heterocycles. The molecule has 1 aromatic rings. The van der Waals surface area contributed by atoms with Gasteiger partial charge in [-0.1, -0.05) is 12.8 Å². The van der Waals surface area contributed by atoms with Gasteiger partial charge in [0.05, 0.1) is 19.0 Å². The van der Waals surface area contributed by atoms with Gasteiger partial charge in [-0.3, -0.25) is 9.59 Å². The van der Waals surface area contributed by atoms with Crippen LogP contribution in [0, 0.1) is 5.92 Å². The Kier molecular flexibility index (Phi) is 6.50. The van der Waals surface area contributed by atoms with Crippen molar-refractivity contribution in [1.82, 2.24) is 0 Å². The van der Waals surface area contributed by atoms with Gasteiger partial charge in [-0.25, -0.2) is 0 Å². The summed E-state index contributed by atoms with van der Waals surface area (Å²) in [7, 11) is 0. The highest BCUT2D eigenvalue weighted by molar-refractivity contribution is 5.91. The fraction of sp³-hybridized carbons (Fsp3) is 0.600. The molecule has 2 heterocycles. The van der Waals surface area contributed by atoms with Crippen molar-refractivity contribution in [3.63, 3.8) is 0 Å². The summed E-state index contributed by atoms with van der Waals surface area (Å²) in [6, 6.07) is 8.15. The second-order valence-corrected chi connectivity index (χ2v) is 7.62. The van der Waals surface area contributed by atoms with Gasteiger partial charge in [0.1, 0.15) is 0 Å². The number of carbonyl (C=O) groups is 2. The van der Waals surface area contributed by atoms with Gasteiger partial charge in [-0.05, 0) is 49.9 Å². The van der Waals surface area contributed by atoms with Gasteiger partial charge < -0.3 is 20.9 Å². The van der Waals surface area contributed by atoms with Gasteiger partial charge in [0.15, 0.2) is 6.54 Å². The average molecular weight is 359 g/mol. The number of nitrogens with two attached hydrogens (primary N) is 1. The first kappa shape index (κ1) is 18.7. The topological polar surface area (TPSA) is 79.9 Å². The van der Waals surface area contributed by atoms with Crippen molar-refractivity contribution < 1.29 is 14.5 Å². The Morgan fingerprint density at radius 1 is 1.08 bits per heavy atom. The number of hydrogen-bond acceptors (Lipinski definition) is 3. The number of likely N-dealkylation sites (tertiary alicyclic amines) is 1. The van der Waals surface area contributed by atoms with Gasteiger partial charge in [-0.15, -0.1) is 0 Å². The van der Waals surface area contributed by atoms with Crippen LogP contribution in [0.15, 0.2) is 24.3 Å². The maximum atomic E-state index is 12.3. The fourth-order valence-electron chi connectivity index (χ4n) is 4.07. The summed E-state index contributed by atoms with van der Waals surface area (Å²) < 4.78 is 0. The van der Waals surface area contributed by atoms with E-state index in [0.717, 1.165) is 43.1 Å². The number of quaternary nitrogens is 1. The van der Waals surface area contributed by atoms with Crippen LogP contribution in [0.1, 0.15) is 38.5 Å². The van der Waals surface area contributed by atoms with Crippen LogP contribution in [0.5, 0.6) is 0 Å². The predicted molar refractivity (Wildman–Crippen MR) is 103 cm³/mol.